The molecule has 0 spiro atoms. The summed E-state index contributed by atoms with van der Waals surface area (Å²) in [6.07, 6.45) is -12.2. The lowest BCUT2D eigenvalue weighted by molar-refractivity contribution is -0.438. The Hall–Kier alpha value is -1.68. The first-order chi connectivity index (χ1) is 14.0. The first-order valence-corrected chi connectivity index (χ1v) is 10.6. The lowest BCUT2D eigenvalue weighted by atomic mass is 10.1. The quantitative estimate of drug-likeness (QED) is 0.227. The van der Waals surface area contributed by atoms with Crippen LogP contribution in [-0.4, -0.2) is 29.8 Å². The van der Waals surface area contributed by atoms with Crippen LogP contribution < -0.4 is 4.72 Å². The maximum absolute atomic E-state index is 13.8. The molecule has 2 aromatic rings. The molecule has 0 unspecified atom stereocenters. The van der Waals surface area contributed by atoms with Crippen molar-refractivity contribution in [1.82, 2.24) is 0 Å². The van der Waals surface area contributed by atoms with Gasteiger partial charge in [-0.25, -0.2) is 4.74 Å². The predicted octanol–water partition coefficient (Wildman–Crippen LogP) is 5.84. The van der Waals surface area contributed by atoms with Gasteiger partial charge < -0.3 is 0 Å². The fraction of sp³-hybridized carbons (Fsp3) is 0.294. The van der Waals surface area contributed by atoms with Crippen molar-refractivity contribution in [3.8, 4) is 0 Å². The van der Waals surface area contributed by atoms with E-state index < -0.39 is 37.1 Å². The number of benzene rings is 2. The molecule has 0 fully saturated rings. The van der Waals surface area contributed by atoms with Crippen molar-refractivity contribution in [2.75, 3.05) is 4.72 Å². The zero-order valence-electron chi connectivity index (χ0n) is 14.9. The van der Waals surface area contributed by atoms with Crippen molar-refractivity contribution in [2.24, 2.45) is 0 Å². The van der Waals surface area contributed by atoms with E-state index in [-0.39, 0.29) is 22.6 Å². The van der Waals surface area contributed by atoms with Crippen LogP contribution in [0.3, 0.4) is 0 Å². The van der Waals surface area contributed by atoms with E-state index in [0.29, 0.717) is 12.0 Å². The van der Waals surface area contributed by atoms with Crippen LogP contribution in [0.1, 0.15) is 11.1 Å². The zero-order valence-corrected chi connectivity index (χ0v) is 17.9. The Kier molecular flexibility index (Phi) is 7.17. The zero-order chi connectivity index (χ0) is 23.7. The molecule has 1 N–H and O–H groups in total. The second kappa shape index (κ2) is 8.69. The molecule has 172 valence electrons. The maximum Gasteiger partial charge on any atom is 0.453 e. The van der Waals surface area contributed by atoms with Crippen LogP contribution >= 0.6 is 22.6 Å². The summed E-state index contributed by atoms with van der Waals surface area (Å²) in [7, 11) is -6.40. The highest BCUT2D eigenvalue weighted by Gasteiger charge is 2.73. The van der Waals surface area contributed by atoms with Gasteiger partial charge in [-0.05, 0) is 29.7 Å². The Morgan fingerprint density at radius 3 is 1.74 bits per heavy atom. The number of rotatable bonds is 9. The molecule has 31 heavy (non-hydrogen) atoms. The standard InChI is InChI=1S/C17H12F8INO3S/c18-14(19,26)15(20,21)30-16(22,23)17(24,25)31(28,29)27-13-8-6-12(7-9-13)10-11-4-2-1-3-5-11/h1-9,27H,10H2. The third-order valence-electron chi connectivity index (χ3n) is 3.72. The number of ether oxygens (including phenoxy) is 1. The summed E-state index contributed by atoms with van der Waals surface area (Å²) in [6, 6.07) is 13.4. The minimum atomic E-state index is -6.50. The number of anilines is 1. The molecule has 0 aromatic heterocycles. The summed E-state index contributed by atoms with van der Waals surface area (Å²) in [4.78, 5) is 0. The minimum absolute atomic E-state index is 0.314. The molecule has 2 aromatic carbocycles. The molecule has 4 nitrogen and oxygen atoms in total. The van der Waals surface area contributed by atoms with Crippen LogP contribution in [0.15, 0.2) is 54.6 Å². The van der Waals surface area contributed by atoms with Gasteiger partial charge >= 0.3 is 31.4 Å². The molecule has 0 aliphatic carbocycles. The normalized spacial score (nSPS) is 13.8. The van der Waals surface area contributed by atoms with Gasteiger partial charge in [0.25, 0.3) is 0 Å². The van der Waals surface area contributed by atoms with Crippen LogP contribution in [0, 0.1) is 0 Å². The van der Waals surface area contributed by atoms with E-state index >= 15 is 0 Å². The molecular weight excluding hydrogens is 577 g/mol. The number of hydrogen-bond acceptors (Lipinski definition) is 3. The molecule has 0 saturated heterocycles. The molecule has 0 heterocycles. The Balaban J connectivity index is 2.19. The van der Waals surface area contributed by atoms with Gasteiger partial charge in [0.1, 0.15) is 0 Å². The Morgan fingerprint density at radius 1 is 0.774 bits per heavy atom. The Labute approximate surface area is 184 Å². The van der Waals surface area contributed by atoms with E-state index in [9.17, 15) is 43.5 Å². The van der Waals surface area contributed by atoms with Gasteiger partial charge in [0.2, 0.25) is 0 Å². The van der Waals surface area contributed by atoms with Crippen molar-refractivity contribution in [3.63, 3.8) is 0 Å². The number of nitrogens with one attached hydrogen (secondary N) is 1. The lowest BCUT2D eigenvalue weighted by Gasteiger charge is -2.30. The van der Waals surface area contributed by atoms with E-state index in [1.54, 1.807) is 30.3 Å². The summed E-state index contributed by atoms with van der Waals surface area (Å²) in [5, 5.41) is -6.33. The van der Waals surface area contributed by atoms with Crippen molar-refractivity contribution in [3.05, 3.63) is 65.7 Å². The van der Waals surface area contributed by atoms with Crippen LogP contribution in [-0.2, 0) is 21.2 Å². The fourth-order valence-electron chi connectivity index (χ4n) is 2.18. The van der Waals surface area contributed by atoms with Crippen LogP contribution in [0.2, 0.25) is 0 Å². The molecule has 0 aliphatic rings. The summed E-state index contributed by atoms with van der Waals surface area (Å²) in [5.74, 6) is 0. The molecule has 0 bridgehead atoms. The summed E-state index contributed by atoms with van der Waals surface area (Å²) in [6.45, 7) is 0. The fourth-order valence-corrected chi connectivity index (χ4v) is 3.22. The minimum Gasteiger partial charge on any atom is -0.278 e. The van der Waals surface area contributed by atoms with Crippen LogP contribution in [0.5, 0.6) is 0 Å². The van der Waals surface area contributed by atoms with E-state index in [0.717, 1.165) is 22.4 Å². The first kappa shape index (κ1) is 25.6. The number of sulfonamides is 1. The van der Waals surface area contributed by atoms with E-state index in [1.165, 1.54) is 12.1 Å². The second-order valence-corrected chi connectivity index (χ2v) is 9.19. The van der Waals surface area contributed by atoms with Crippen molar-refractivity contribution >= 4 is 38.3 Å². The van der Waals surface area contributed by atoms with Crippen molar-refractivity contribution < 1.29 is 48.3 Å². The Bertz CT molecular complexity index is 996. The number of hydrogen-bond donors (Lipinski definition) is 1. The number of alkyl halides is 9. The predicted molar refractivity (Wildman–Crippen MR) is 103 cm³/mol. The molecule has 2 rings (SSSR count). The highest BCUT2D eigenvalue weighted by Crippen LogP contribution is 2.49. The van der Waals surface area contributed by atoms with Gasteiger partial charge in [0.15, 0.2) is 0 Å². The van der Waals surface area contributed by atoms with Gasteiger partial charge in [0, 0.05) is 28.3 Å². The largest absolute Gasteiger partial charge is 0.453 e. The molecule has 14 heteroatoms. The molecule has 0 radical (unpaired) electrons. The molecular formula is C17H12F8INO3S. The van der Waals surface area contributed by atoms with Gasteiger partial charge in [-0.3, -0.25) is 4.72 Å². The lowest BCUT2D eigenvalue weighted by Crippen LogP contribution is -2.56. The average molecular weight is 589 g/mol. The SMILES string of the molecule is O=S(=O)(Nc1ccc(Cc2ccccc2)cc1)C(F)(F)C(F)(F)OC(F)(F)C(F)(F)I. The molecule has 0 atom stereocenters. The smallest absolute Gasteiger partial charge is 0.278 e. The average Bonchev–Trinajstić information content (AvgIpc) is 2.62. The molecule has 0 amide bonds. The highest BCUT2D eigenvalue weighted by atomic mass is 127. The Morgan fingerprint density at radius 2 is 1.26 bits per heavy atom. The monoisotopic (exact) mass is 589 g/mol. The van der Waals surface area contributed by atoms with Gasteiger partial charge in [-0.15, -0.1) is 0 Å². The third kappa shape index (κ3) is 5.77. The first-order valence-electron chi connectivity index (χ1n) is 8.04. The summed E-state index contributed by atoms with van der Waals surface area (Å²) >= 11 is -0.314. The summed E-state index contributed by atoms with van der Waals surface area (Å²) in [5.41, 5.74) is 0.879. The van der Waals surface area contributed by atoms with E-state index in [2.05, 4.69) is 4.74 Å². The molecule has 0 saturated carbocycles. The second-order valence-electron chi connectivity index (χ2n) is 6.11. The topological polar surface area (TPSA) is 55.4 Å². The van der Waals surface area contributed by atoms with Gasteiger partial charge in [-0.1, -0.05) is 42.5 Å². The van der Waals surface area contributed by atoms with Gasteiger partial charge in [0.05, 0.1) is 0 Å². The van der Waals surface area contributed by atoms with Gasteiger partial charge in [-0.2, -0.15) is 43.5 Å². The molecule has 0 aliphatic heterocycles. The van der Waals surface area contributed by atoms with E-state index in [4.69, 9.17) is 0 Å². The number of halogens is 9. The van der Waals surface area contributed by atoms with Crippen LogP contribution in [0.25, 0.3) is 0 Å². The van der Waals surface area contributed by atoms with Crippen molar-refractivity contribution in [1.29, 1.82) is 0 Å². The summed E-state index contributed by atoms with van der Waals surface area (Å²) < 4.78 is 127. The van der Waals surface area contributed by atoms with E-state index in [1.807, 2.05) is 0 Å². The maximum atomic E-state index is 13.8. The van der Waals surface area contributed by atoms with Crippen molar-refractivity contribution in [2.45, 2.75) is 27.8 Å². The third-order valence-corrected chi connectivity index (χ3v) is 5.76. The van der Waals surface area contributed by atoms with Crippen LogP contribution in [0.4, 0.5) is 40.8 Å². The highest BCUT2D eigenvalue weighted by molar-refractivity contribution is 14.1.